The topological polar surface area (TPSA) is 71.0 Å². The number of aryl methyl sites for hydroxylation is 1. The van der Waals surface area contributed by atoms with E-state index in [0.717, 1.165) is 27.6 Å². The highest BCUT2D eigenvalue weighted by Gasteiger charge is 2.41. The van der Waals surface area contributed by atoms with Crippen LogP contribution in [0.15, 0.2) is 75.9 Å². The van der Waals surface area contributed by atoms with Gasteiger partial charge in [0.2, 0.25) is 5.91 Å². The van der Waals surface area contributed by atoms with E-state index in [4.69, 9.17) is 9.73 Å². The van der Waals surface area contributed by atoms with Crippen molar-refractivity contribution >= 4 is 28.8 Å². The van der Waals surface area contributed by atoms with Crippen LogP contribution >= 0.6 is 11.8 Å². The molecule has 0 aromatic heterocycles. The molecule has 2 aromatic rings. The van der Waals surface area contributed by atoms with Crippen LogP contribution in [0.1, 0.15) is 42.5 Å². The van der Waals surface area contributed by atoms with Gasteiger partial charge in [0.1, 0.15) is 5.82 Å². The molecule has 0 radical (unpaired) electrons. The standard InChI is InChI=1S/C26H26FN3O3S/c1-4-21-23(25(32)33-3)24(18-9-5-16(2)6-10-18)30-20(15-34-26(30)29-21)13-22(31)28-14-17-7-11-19(27)12-8-17/h5-12,15,24H,4,13-14H2,1-3H3,(H,28,31)/t24-/m1/s1. The van der Waals surface area contributed by atoms with Gasteiger partial charge in [0, 0.05) is 12.2 Å². The summed E-state index contributed by atoms with van der Waals surface area (Å²) in [7, 11) is 1.37. The average molecular weight is 480 g/mol. The minimum Gasteiger partial charge on any atom is -0.466 e. The lowest BCUT2D eigenvalue weighted by Crippen LogP contribution is -2.38. The number of fused-ring (bicyclic) bond motifs is 1. The Bertz CT molecular complexity index is 1190. The SMILES string of the molecule is CCC1=C(C(=O)OC)[C@@H](c2ccc(C)cc2)N2C(CC(=O)NCc3ccc(F)cc3)=CSC2=N1. The first kappa shape index (κ1) is 23.8. The number of thioether (sulfide) groups is 1. The molecule has 2 aromatic carbocycles. The first-order chi connectivity index (χ1) is 16.4. The molecule has 0 spiro atoms. The average Bonchev–Trinajstić information content (AvgIpc) is 3.24. The molecule has 0 saturated carbocycles. The van der Waals surface area contributed by atoms with Crippen LogP contribution in [0.2, 0.25) is 0 Å². The second kappa shape index (κ2) is 10.3. The summed E-state index contributed by atoms with van der Waals surface area (Å²) in [5, 5.41) is 5.53. The maximum atomic E-state index is 13.1. The Balaban J connectivity index is 1.60. The Hall–Kier alpha value is -3.39. The highest BCUT2D eigenvalue weighted by atomic mass is 32.2. The number of hydrogen-bond donors (Lipinski definition) is 1. The maximum Gasteiger partial charge on any atom is 0.338 e. The molecular formula is C26H26FN3O3S. The molecule has 34 heavy (non-hydrogen) atoms. The minimum absolute atomic E-state index is 0.117. The Labute approximate surface area is 202 Å². The number of nitrogens with zero attached hydrogens (tertiary/aromatic N) is 2. The van der Waals surface area contributed by atoms with E-state index in [1.54, 1.807) is 12.1 Å². The third-order valence-electron chi connectivity index (χ3n) is 5.77. The molecule has 0 bridgehead atoms. The van der Waals surface area contributed by atoms with Gasteiger partial charge in [-0.1, -0.05) is 60.6 Å². The van der Waals surface area contributed by atoms with Gasteiger partial charge in [-0.2, -0.15) is 0 Å². The van der Waals surface area contributed by atoms with Gasteiger partial charge in [-0.05, 0) is 42.0 Å². The predicted molar refractivity (Wildman–Crippen MR) is 131 cm³/mol. The van der Waals surface area contributed by atoms with E-state index in [1.165, 1.54) is 31.0 Å². The van der Waals surface area contributed by atoms with Crippen LogP contribution in [0.25, 0.3) is 0 Å². The Morgan fingerprint density at radius 2 is 1.85 bits per heavy atom. The van der Waals surface area contributed by atoms with Crippen LogP contribution in [-0.4, -0.2) is 29.1 Å². The summed E-state index contributed by atoms with van der Waals surface area (Å²) in [6.45, 7) is 4.27. The number of esters is 1. The fraction of sp³-hybridized carbons (Fsp3) is 0.269. The molecule has 8 heteroatoms. The zero-order valence-corrected chi connectivity index (χ0v) is 20.1. The fourth-order valence-corrected chi connectivity index (χ4v) is 4.94. The summed E-state index contributed by atoms with van der Waals surface area (Å²) in [6.07, 6.45) is 0.698. The van der Waals surface area contributed by atoms with Gasteiger partial charge in [0.15, 0.2) is 5.17 Å². The van der Waals surface area contributed by atoms with Crippen molar-refractivity contribution in [2.24, 2.45) is 4.99 Å². The summed E-state index contributed by atoms with van der Waals surface area (Å²) < 4.78 is 18.3. The first-order valence-electron chi connectivity index (χ1n) is 11.0. The first-order valence-corrected chi connectivity index (χ1v) is 11.9. The number of nitrogens with one attached hydrogen (secondary N) is 1. The summed E-state index contributed by atoms with van der Waals surface area (Å²) >= 11 is 1.44. The van der Waals surface area contributed by atoms with Crippen molar-refractivity contribution in [3.63, 3.8) is 0 Å². The third-order valence-corrected chi connectivity index (χ3v) is 6.66. The normalized spacial score (nSPS) is 17.2. The number of aliphatic imine (C=N–C) groups is 1. The highest BCUT2D eigenvalue weighted by molar-refractivity contribution is 8.16. The van der Waals surface area contributed by atoms with Crippen LogP contribution in [0.4, 0.5) is 4.39 Å². The molecule has 0 saturated heterocycles. The smallest absolute Gasteiger partial charge is 0.338 e. The van der Waals surface area contributed by atoms with Crippen molar-refractivity contribution in [3.8, 4) is 0 Å². The van der Waals surface area contributed by atoms with E-state index in [0.29, 0.717) is 24.2 Å². The number of benzene rings is 2. The van der Waals surface area contributed by atoms with Gasteiger partial charge >= 0.3 is 5.97 Å². The number of carbonyl (C=O) groups excluding carboxylic acids is 2. The monoisotopic (exact) mass is 479 g/mol. The van der Waals surface area contributed by atoms with Crippen LogP contribution in [-0.2, 0) is 20.9 Å². The molecule has 2 heterocycles. The number of carbonyl (C=O) groups is 2. The molecule has 2 aliphatic heterocycles. The molecule has 2 aliphatic rings. The quantitative estimate of drug-likeness (QED) is 0.568. The van der Waals surface area contributed by atoms with E-state index in [-0.39, 0.29) is 18.1 Å². The van der Waals surface area contributed by atoms with E-state index in [2.05, 4.69) is 5.32 Å². The zero-order valence-electron chi connectivity index (χ0n) is 19.3. The molecule has 6 nitrogen and oxygen atoms in total. The summed E-state index contributed by atoms with van der Waals surface area (Å²) in [6, 6.07) is 13.6. The second-order valence-electron chi connectivity index (χ2n) is 8.09. The number of ether oxygens (including phenoxy) is 1. The third kappa shape index (κ3) is 4.92. The van der Waals surface area contributed by atoms with E-state index in [1.807, 2.05) is 48.4 Å². The molecule has 1 atom stereocenters. The van der Waals surface area contributed by atoms with Gasteiger partial charge in [-0.3, -0.25) is 4.79 Å². The van der Waals surface area contributed by atoms with Gasteiger partial charge in [0.05, 0.1) is 30.8 Å². The zero-order chi connectivity index (χ0) is 24.2. The van der Waals surface area contributed by atoms with Gasteiger partial charge in [-0.25, -0.2) is 14.2 Å². The Morgan fingerprint density at radius 1 is 1.15 bits per heavy atom. The van der Waals surface area contributed by atoms with Gasteiger partial charge < -0.3 is 15.0 Å². The van der Waals surface area contributed by atoms with Crippen molar-refractivity contribution in [1.82, 2.24) is 10.2 Å². The predicted octanol–water partition coefficient (Wildman–Crippen LogP) is 4.98. The summed E-state index contributed by atoms with van der Waals surface area (Å²) in [5.41, 5.74) is 4.77. The van der Waals surface area contributed by atoms with Gasteiger partial charge in [0.25, 0.3) is 0 Å². The number of methoxy groups -OCH3 is 1. The van der Waals surface area contributed by atoms with Crippen LogP contribution in [0, 0.1) is 12.7 Å². The summed E-state index contributed by atoms with van der Waals surface area (Å²) in [4.78, 5) is 32.4. The Morgan fingerprint density at radius 3 is 2.50 bits per heavy atom. The van der Waals surface area contributed by atoms with E-state index < -0.39 is 12.0 Å². The highest BCUT2D eigenvalue weighted by Crippen LogP contribution is 2.45. The molecule has 4 rings (SSSR count). The second-order valence-corrected chi connectivity index (χ2v) is 8.93. The number of hydrogen-bond acceptors (Lipinski definition) is 6. The molecule has 176 valence electrons. The molecule has 0 fully saturated rings. The molecule has 0 aliphatic carbocycles. The van der Waals surface area contributed by atoms with E-state index in [9.17, 15) is 14.0 Å². The van der Waals surface area contributed by atoms with E-state index >= 15 is 0 Å². The number of amides is 1. The summed E-state index contributed by atoms with van der Waals surface area (Å²) in [5.74, 6) is -0.921. The molecule has 1 N–H and O–H groups in total. The van der Waals surface area contributed by atoms with Crippen molar-refractivity contribution < 1.29 is 18.7 Å². The molecule has 0 unspecified atom stereocenters. The van der Waals surface area contributed by atoms with Crippen molar-refractivity contribution in [3.05, 3.63) is 93.4 Å². The van der Waals surface area contributed by atoms with Crippen molar-refractivity contribution in [2.75, 3.05) is 7.11 Å². The van der Waals surface area contributed by atoms with Crippen molar-refractivity contribution in [2.45, 2.75) is 39.3 Å². The van der Waals surface area contributed by atoms with Gasteiger partial charge in [-0.15, -0.1) is 0 Å². The number of halogens is 1. The molecule has 1 amide bonds. The lowest BCUT2D eigenvalue weighted by atomic mass is 9.92. The number of allylic oxidation sites excluding steroid dienone is 1. The van der Waals surface area contributed by atoms with Crippen LogP contribution in [0.3, 0.4) is 0 Å². The maximum absolute atomic E-state index is 13.1. The number of amidine groups is 1. The fourth-order valence-electron chi connectivity index (χ4n) is 4.01. The van der Waals surface area contributed by atoms with Crippen LogP contribution in [0.5, 0.6) is 0 Å². The number of rotatable bonds is 7. The lowest BCUT2D eigenvalue weighted by molar-refractivity contribution is -0.136. The largest absolute Gasteiger partial charge is 0.466 e. The van der Waals surface area contributed by atoms with Crippen molar-refractivity contribution in [1.29, 1.82) is 0 Å². The Kier molecular flexibility index (Phi) is 7.17. The lowest BCUT2D eigenvalue weighted by Gasteiger charge is -2.36. The van der Waals surface area contributed by atoms with Crippen LogP contribution < -0.4 is 5.32 Å². The molecular weight excluding hydrogens is 453 g/mol. The minimum atomic E-state index is -0.443.